The summed E-state index contributed by atoms with van der Waals surface area (Å²) < 4.78 is 49.4. The number of fused-ring (bicyclic) bond motifs is 1. The Bertz CT molecular complexity index is 1870. The number of Topliss-reactive ketones (excluding diaryl/α,β-unsaturated/α-hetero) is 1. The monoisotopic (exact) mass is 700 g/mol. The summed E-state index contributed by atoms with van der Waals surface area (Å²) in [6, 6.07) is 3.41. The number of primary amides is 1. The van der Waals surface area contributed by atoms with Crippen LogP contribution in [-0.4, -0.2) is 74.7 Å². The fraction of sp³-hybridized carbons (Fsp3) is 0.452. The van der Waals surface area contributed by atoms with Gasteiger partial charge < -0.3 is 26.4 Å². The van der Waals surface area contributed by atoms with Gasteiger partial charge in [0.1, 0.15) is 19.0 Å². The van der Waals surface area contributed by atoms with Crippen LogP contribution in [-0.2, 0) is 22.1 Å². The third-order valence-electron chi connectivity index (χ3n) is 8.55. The van der Waals surface area contributed by atoms with E-state index in [4.69, 9.17) is 16.0 Å². The van der Waals surface area contributed by atoms with Gasteiger partial charge in [-0.2, -0.15) is 18.3 Å². The minimum atomic E-state index is -4.85. The van der Waals surface area contributed by atoms with Gasteiger partial charge in [-0.3, -0.25) is 19.2 Å². The highest BCUT2D eigenvalue weighted by Gasteiger charge is 2.45. The first-order valence-corrected chi connectivity index (χ1v) is 15.6. The van der Waals surface area contributed by atoms with Crippen LogP contribution in [0.1, 0.15) is 88.5 Å². The molecule has 19 heteroatoms. The Morgan fingerprint density at radius 1 is 1.14 bits per heavy atom. The molecule has 3 aromatic rings. The van der Waals surface area contributed by atoms with Crippen molar-refractivity contribution < 1.29 is 41.9 Å². The van der Waals surface area contributed by atoms with Gasteiger partial charge in [0, 0.05) is 25.2 Å². The molecule has 0 bridgehead atoms. The van der Waals surface area contributed by atoms with E-state index in [1.54, 1.807) is 13.8 Å². The average molecular weight is 701 g/mol. The highest BCUT2D eigenvalue weighted by Crippen LogP contribution is 2.42. The van der Waals surface area contributed by atoms with Gasteiger partial charge in [0.05, 0.1) is 22.5 Å². The number of anilines is 1. The van der Waals surface area contributed by atoms with Crippen molar-refractivity contribution in [3.05, 3.63) is 52.7 Å². The summed E-state index contributed by atoms with van der Waals surface area (Å²) in [6.45, 7) is 3.08. The summed E-state index contributed by atoms with van der Waals surface area (Å²) in [5.41, 5.74) is 11.0. The van der Waals surface area contributed by atoms with Crippen LogP contribution < -0.4 is 21.7 Å². The van der Waals surface area contributed by atoms with E-state index in [1.807, 2.05) is 0 Å². The third-order valence-corrected chi connectivity index (χ3v) is 8.55. The lowest BCUT2D eigenvalue weighted by molar-refractivity contribution is -0.149. The Morgan fingerprint density at radius 3 is 2.46 bits per heavy atom. The summed E-state index contributed by atoms with van der Waals surface area (Å²) in [5.74, 6) is -3.28. The zero-order chi connectivity index (χ0) is 36.5. The lowest BCUT2D eigenvalue weighted by Crippen LogP contribution is -2.36. The Labute approximate surface area is 282 Å². The number of hydrogen-bond acceptors (Lipinski definition) is 11. The summed E-state index contributed by atoms with van der Waals surface area (Å²) in [5, 5.41) is 14.9. The van der Waals surface area contributed by atoms with E-state index < -0.39 is 65.1 Å². The number of amides is 3. The van der Waals surface area contributed by atoms with E-state index in [9.17, 15) is 37.1 Å². The van der Waals surface area contributed by atoms with Crippen LogP contribution in [0.5, 0.6) is 0 Å². The number of nitrogens with zero attached hydrogens (tertiary/aromatic N) is 5. The molecule has 50 heavy (non-hydrogen) atoms. The highest BCUT2D eigenvalue weighted by atomic mass is 19.4. The third kappa shape index (κ3) is 7.35. The molecule has 0 spiro atoms. The molecule has 0 radical (unpaired) electrons. The predicted molar refractivity (Wildman–Crippen MR) is 168 cm³/mol. The van der Waals surface area contributed by atoms with E-state index in [-0.39, 0.29) is 53.0 Å². The molecule has 0 saturated heterocycles. The fourth-order valence-electron chi connectivity index (χ4n) is 6.25. The molecule has 5 rings (SSSR count). The largest absolute Gasteiger partial charge is 0.461 e. The molecule has 0 aliphatic heterocycles. The van der Waals surface area contributed by atoms with E-state index in [0.29, 0.717) is 25.7 Å². The number of carbonyl (C=O) groups excluding carboxylic acids is 5. The molecule has 1 saturated carbocycles. The number of esters is 1. The minimum Gasteiger partial charge on any atom is -0.461 e. The Morgan fingerprint density at radius 2 is 1.84 bits per heavy atom. The lowest BCUT2D eigenvalue weighted by Gasteiger charge is -2.30. The molecule has 3 amide bonds. The molecule has 16 nitrogen and oxygen atoms in total. The van der Waals surface area contributed by atoms with Crippen LogP contribution in [0, 0.1) is 10.9 Å². The van der Waals surface area contributed by atoms with Crippen molar-refractivity contribution in [2.24, 2.45) is 16.3 Å². The smallest absolute Gasteiger partial charge is 0.435 e. The van der Waals surface area contributed by atoms with Gasteiger partial charge >= 0.3 is 18.2 Å². The first-order valence-electron chi connectivity index (χ1n) is 15.6. The van der Waals surface area contributed by atoms with Crippen molar-refractivity contribution in [1.82, 2.24) is 30.0 Å². The quantitative estimate of drug-likeness (QED) is 0.161. The number of nitrogens with two attached hydrogens (primary N) is 1. The van der Waals surface area contributed by atoms with Gasteiger partial charge in [-0.25, -0.2) is 24.6 Å². The second-order valence-electron chi connectivity index (χ2n) is 12.9. The first-order chi connectivity index (χ1) is 23.5. The molecule has 2 aliphatic rings. The fourth-order valence-corrected chi connectivity index (χ4v) is 6.25. The maximum atomic E-state index is 14.0. The molecule has 1 fully saturated rings. The Balaban J connectivity index is 1.24. The van der Waals surface area contributed by atoms with E-state index in [0.717, 1.165) is 15.6 Å². The molecule has 1 aromatic carbocycles. The van der Waals surface area contributed by atoms with Crippen molar-refractivity contribution in [1.29, 1.82) is 5.53 Å². The number of benzene rings is 1. The number of ketones is 1. The van der Waals surface area contributed by atoms with Crippen molar-refractivity contribution in [2.75, 3.05) is 18.9 Å². The topological polar surface area (TPSA) is 229 Å². The number of hydrogen-bond donors (Lipinski definition) is 5. The van der Waals surface area contributed by atoms with Crippen LogP contribution in [0.4, 0.5) is 29.5 Å². The second-order valence-corrected chi connectivity index (χ2v) is 12.9. The molecule has 0 unspecified atom stereocenters. The summed E-state index contributed by atoms with van der Waals surface area (Å²) in [7, 11) is 1.35. The molecule has 6 N–H and O–H groups in total. The van der Waals surface area contributed by atoms with Crippen molar-refractivity contribution >= 4 is 41.1 Å². The maximum Gasteiger partial charge on any atom is 0.435 e. The lowest BCUT2D eigenvalue weighted by atomic mass is 9.75. The van der Waals surface area contributed by atoms with Crippen LogP contribution in [0.25, 0.3) is 5.69 Å². The van der Waals surface area contributed by atoms with Gasteiger partial charge in [-0.05, 0) is 55.7 Å². The SMILES string of the molecule is CNC(=O)n1cnc(C(=O)NCC(=O)OC2CCC(Nc3cc(-n4nc(C(F)(F)F)c5c4CC(C)(C)CC5=O)ccc3C(N)=O)CC2)c1N=N. The van der Waals surface area contributed by atoms with Crippen LogP contribution in [0.3, 0.4) is 0 Å². The van der Waals surface area contributed by atoms with Gasteiger partial charge in [0.2, 0.25) is 0 Å². The van der Waals surface area contributed by atoms with E-state index in [2.05, 4.69) is 31.1 Å². The van der Waals surface area contributed by atoms with Crippen LogP contribution in [0.2, 0.25) is 0 Å². The summed E-state index contributed by atoms with van der Waals surface area (Å²) >= 11 is 0. The summed E-state index contributed by atoms with van der Waals surface area (Å²) in [6.07, 6.45) is -2.39. The number of nitrogens with one attached hydrogen (secondary N) is 4. The first kappa shape index (κ1) is 35.7. The van der Waals surface area contributed by atoms with Gasteiger partial charge in [0.15, 0.2) is 23.0 Å². The number of rotatable bonds is 9. The second kappa shape index (κ2) is 13.7. The highest BCUT2D eigenvalue weighted by molar-refractivity contribution is 6.01. The predicted octanol–water partition coefficient (Wildman–Crippen LogP) is 3.89. The zero-order valence-corrected chi connectivity index (χ0v) is 27.3. The normalized spacial score (nSPS) is 18.5. The summed E-state index contributed by atoms with van der Waals surface area (Å²) in [4.78, 5) is 65.8. The van der Waals surface area contributed by atoms with E-state index >= 15 is 0 Å². The van der Waals surface area contributed by atoms with Crippen LogP contribution >= 0.6 is 0 Å². The molecular formula is C31H35F3N10O6. The number of imidazole rings is 1. The molecule has 266 valence electrons. The Kier molecular flexibility index (Phi) is 9.79. The number of halogens is 3. The number of aromatic nitrogens is 4. The Hall–Kier alpha value is -5.62. The molecule has 2 heterocycles. The minimum absolute atomic E-state index is 0.0501. The zero-order valence-electron chi connectivity index (χ0n) is 27.3. The van der Waals surface area contributed by atoms with Crippen molar-refractivity contribution in [3.8, 4) is 5.69 Å². The molecule has 0 atom stereocenters. The maximum absolute atomic E-state index is 14.0. The van der Waals surface area contributed by atoms with E-state index in [1.165, 1.54) is 25.2 Å². The van der Waals surface area contributed by atoms with Crippen LogP contribution in [0.15, 0.2) is 29.6 Å². The van der Waals surface area contributed by atoms with Crippen molar-refractivity contribution in [3.63, 3.8) is 0 Å². The van der Waals surface area contributed by atoms with Gasteiger partial charge in [0.25, 0.3) is 11.8 Å². The number of carbonyl (C=O) groups is 5. The van der Waals surface area contributed by atoms with Gasteiger partial charge in [-0.15, -0.1) is 5.11 Å². The van der Waals surface area contributed by atoms with Crippen molar-refractivity contribution in [2.45, 2.75) is 70.7 Å². The average Bonchev–Trinajstić information content (AvgIpc) is 3.66. The molecule has 2 aromatic heterocycles. The molecule has 2 aliphatic carbocycles. The number of ether oxygens (including phenoxy) is 1. The molecular weight excluding hydrogens is 665 g/mol. The number of alkyl halides is 3. The van der Waals surface area contributed by atoms with Gasteiger partial charge in [-0.1, -0.05) is 13.8 Å². The standard InChI is InChI=1S/C31H35F3N10O6/c1-30(2)11-20-23(21(45)12-30)25(31(32,33)34)42-44(20)16-6-9-18(26(35)47)19(10-16)40-15-4-7-17(8-5-15)50-22(46)13-38-28(48)24-27(41-36)43(14-39-24)29(49)37-3/h6,9-10,14-15,17,36,40H,4-5,7-8,11-13H2,1-3H3,(H2,35,47)(H,37,49)(H,38,48).